The van der Waals surface area contributed by atoms with E-state index in [2.05, 4.69) is 11.3 Å². The first-order valence-electron chi connectivity index (χ1n) is 4.01. The van der Waals surface area contributed by atoms with Gasteiger partial charge in [-0.15, -0.1) is 0 Å². The summed E-state index contributed by atoms with van der Waals surface area (Å²) in [7, 11) is 3.25. The molecule has 0 aliphatic heterocycles. The number of hydrazine groups is 1. The molecule has 0 amide bonds. The third-order valence-electron chi connectivity index (χ3n) is 1.40. The van der Waals surface area contributed by atoms with E-state index in [-0.39, 0.29) is 5.84 Å². The van der Waals surface area contributed by atoms with Gasteiger partial charge in [-0.2, -0.15) is 0 Å². The molecule has 0 aliphatic rings. The summed E-state index contributed by atoms with van der Waals surface area (Å²) in [6.45, 7) is 0. The molecule has 78 valence electrons. The number of nitrogens with one attached hydrogen (secondary N) is 2. The summed E-state index contributed by atoms with van der Waals surface area (Å²) >= 11 is 0. The zero-order valence-corrected chi connectivity index (χ0v) is 8.37. The summed E-state index contributed by atoms with van der Waals surface area (Å²) < 4.78 is 4.94. The van der Waals surface area contributed by atoms with Crippen LogP contribution in [0.1, 0.15) is 5.56 Å². The van der Waals surface area contributed by atoms with E-state index in [1.165, 1.54) is 0 Å². The number of hydrogen-bond acceptors (Lipinski definition) is 4. The second-order valence-corrected chi connectivity index (χ2v) is 2.43. The number of ether oxygens (including phenoxy) is 1. The van der Waals surface area contributed by atoms with Crippen molar-refractivity contribution in [1.29, 1.82) is 5.41 Å². The van der Waals surface area contributed by atoms with Crippen LogP contribution in [0.5, 0.6) is 5.75 Å². The number of hydrogen-bond donors (Lipinski definition) is 4. The van der Waals surface area contributed by atoms with Crippen LogP contribution in [0.25, 0.3) is 0 Å². The first-order valence-corrected chi connectivity index (χ1v) is 4.01. The third kappa shape index (κ3) is 4.44. The molecule has 0 saturated heterocycles. The van der Waals surface area contributed by atoms with E-state index >= 15 is 0 Å². The predicted octanol–water partition coefficient (Wildman–Crippen LogP) is 0.0588. The van der Waals surface area contributed by atoms with E-state index in [4.69, 9.17) is 15.9 Å². The molecule has 0 saturated carbocycles. The Morgan fingerprint density at radius 2 is 1.79 bits per heavy atom. The Bertz CT molecular complexity index is 271. The van der Waals surface area contributed by atoms with Crippen molar-refractivity contribution >= 4 is 5.84 Å². The molecule has 5 nitrogen and oxygen atoms in total. The van der Waals surface area contributed by atoms with Crippen molar-refractivity contribution in [1.82, 2.24) is 5.43 Å². The first kappa shape index (κ1) is 12.4. The highest BCUT2D eigenvalue weighted by Crippen LogP contribution is 2.10. The average molecular weight is 196 g/mol. The summed E-state index contributed by atoms with van der Waals surface area (Å²) in [5, 5.41) is 7.10. The smallest absolute Gasteiger partial charge is 0.122 e. The van der Waals surface area contributed by atoms with Gasteiger partial charge in [-0.05, 0) is 31.3 Å². The molecule has 1 aromatic carbocycles. The lowest BCUT2D eigenvalue weighted by Crippen LogP contribution is -2.13. The minimum atomic E-state index is 0.0765. The summed E-state index contributed by atoms with van der Waals surface area (Å²) in [5.74, 6) is 5.45. The quantitative estimate of drug-likeness (QED) is 0.233. The molecule has 1 aromatic rings. The number of benzene rings is 1. The van der Waals surface area contributed by atoms with Gasteiger partial charge >= 0.3 is 0 Å². The number of amidine groups is 1. The van der Waals surface area contributed by atoms with Crippen molar-refractivity contribution in [2.45, 2.75) is 0 Å². The molecule has 0 radical (unpaired) electrons. The summed E-state index contributed by atoms with van der Waals surface area (Å²) in [6, 6.07) is 7.05. The van der Waals surface area contributed by atoms with Gasteiger partial charge in [-0.25, -0.2) is 0 Å². The van der Waals surface area contributed by atoms with Gasteiger partial charge in [0.25, 0.3) is 0 Å². The Morgan fingerprint density at radius 3 is 2.07 bits per heavy atom. The molecule has 6 N–H and O–H groups in total. The van der Waals surface area contributed by atoms with E-state index in [0.717, 1.165) is 5.75 Å². The SMILES string of the molecule is CNN.COc1ccc(C(=N)N)cc1. The summed E-state index contributed by atoms with van der Waals surface area (Å²) in [6.07, 6.45) is 0. The van der Waals surface area contributed by atoms with Crippen LogP contribution < -0.4 is 21.7 Å². The van der Waals surface area contributed by atoms with Crippen molar-refractivity contribution in [3.63, 3.8) is 0 Å². The molecule has 0 aromatic heterocycles. The van der Waals surface area contributed by atoms with Crippen molar-refractivity contribution < 1.29 is 4.74 Å². The lowest BCUT2D eigenvalue weighted by Gasteiger charge is -2.00. The van der Waals surface area contributed by atoms with Gasteiger partial charge in [-0.3, -0.25) is 16.7 Å². The lowest BCUT2D eigenvalue weighted by molar-refractivity contribution is 0.415. The molecule has 0 bridgehead atoms. The largest absolute Gasteiger partial charge is 0.497 e. The second-order valence-electron chi connectivity index (χ2n) is 2.43. The van der Waals surface area contributed by atoms with Crippen LogP contribution >= 0.6 is 0 Å². The zero-order chi connectivity index (χ0) is 11.0. The average Bonchev–Trinajstić information content (AvgIpc) is 2.19. The number of nitrogens with two attached hydrogens (primary N) is 2. The van der Waals surface area contributed by atoms with Gasteiger partial charge in [0, 0.05) is 5.56 Å². The third-order valence-corrected chi connectivity index (χ3v) is 1.40. The Balaban J connectivity index is 0.000000500. The molecular formula is C9H16N4O. The highest BCUT2D eigenvalue weighted by atomic mass is 16.5. The molecule has 0 unspecified atom stereocenters. The minimum absolute atomic E-state index is 0.0765. The van der Waals surface area contributed by atoms with Crippen LogP contribution in [0.15, 0.2) is 24.3 Å². The standard InChI is InChI=1S/C8H10N2O.CH6N2/c1-11-7-4-2-6(3-5-7)8(9)10;1-3-2/h2-5H,1H3,(H3,9,10);3H,2H2,1H3. The van der Waals surface area contributed by atoms with E-state index in [9.17, 15) is 0 Å². The number of methoxy groups -OCH3 is 1. The monoisotopic (exact) mass is 196 g/mol. The van der Waals surface area contributed by atoms with E-state index in [1.54, 1.807) is 38.4 Å². The van der Waals surface area contributed by atoms with Crippen molar-refractivity contribution in [3.05, 3.63) is 29.8 Å². The second kappa shape index (κ2) is 6.88. The summed E-state index contributed by atoms with van der Waals surface area (Å²) in [5.41, 5.74) is 8.21. The number of nitrogen functional groups attached to an aromatic ring is 1. The van der Waals surface area contributed by atoms with Gasteiger partial charge in [0.15, 0.2) is 0 Å². The van der Waals surface area contributed by atoms with Crippen molar-refractivity contribution in [2.75, 3.05) is 14.2 Å². The Kier molecular flexibility index (Phi) is 6.09. The maximum Gasteiger partial charge on any atom is 0.122 e. The minimum Gasteiger partial charge on any atom is -0.497 e. The zero-order valence-electron chi connectivity index (χ0n) is 8.37. The molecule has 0 heterocycles. The fourth-order valence-corrected chi connectivity index (χ4v) is 0.771. The fraction of sp³-hybridized carbons (Fsp3) is 0.222. The van der Waals surface area contributed by atoms with Crippen molar-refractivity contribution in [3.8, 4) is 5.75 Å². The molecule has 0 aliphatic carbocycles. The highest BCUT2D eigenvalue weighted by Gasteiger charge is 1.94. The maximum atomic E-state index is 7.10. The van der Waals surface area contributed by atoms with Gasteiger partial charge in [0.05, 0.1) is 7.11 Å². The van der Waals surface area contributed by atoms with Crippen molar-refractivity contribution in [2.24, 2.45) is 11.6 Å². The predicted molar refractivity (Wildman–Crippen MR) is 57.3 cm³/mol. The molecule has 5 heteroatoms. The van der Waals surface area contributed by atoms with Crippen LogP contribution in [0.2, 0.25) is 0 Å². The molecule has 0 atom stereocenters. The highest BCUT2D eigenvalue weighted by molar-refractivity contribution is 5.94. The Hall–Kier alpha value is -1.59. The van der Waals surface area contributed by atoms with Crippen LogP contribution in [0.3, 0.4) is 0 Å². The van der Waals surface area contributed by atoms with Crippen LogP contribution in [-0.2, 0) is 0 Å². The molecule has 14 heavy (non-hydrogen) atoms. The summed E-state index contributed by atoms with van der Waals surface area (Å²) in [4.78, 5) is 0. The van der Waals surface area contributed by atoms with Gasteiger partial charge < -0.3 is 10.5 Å². The molecular weight excluding hydrogens is 180 g/mol. The van der Waals surface area contributed by atoms with Gasteiger partial charge in [0.2, 0.25) is 0 Å². The first-order chi connectivity index (χ1) is 6.65. The molecule has 0 spiro atoms. The van der Waals surface area contributed by atoms with Crippen LogP contribution in [0, 0.1) is 5.41 Å². The van der Waals surface area contributed by atoms with E-state index in [0.29, 0.717) is 5.56 Å². The number of rotatable bonds is 2. The van der Waals surface area contributed by atoms with Gasteiger partial charge in [-0.1, -0.05) is 0 Å². The fourth-order valence-electron chi connectivity index (χ4n) is 0.771. The van der Waals surface area contributed by atoms with Gasteiger partial charge in [0.1, 0.15) is 11.6 Å². The lowest BCUT2D eigenvalue weighted by atomic mass is 10.2. The Morgan fingerprint density at radius 1 is 1.36 bits per heavy atom. The van der Waals surface area contributed by atoms with Crippen LogP contribution in [0.4, 0.5) is 0 Å². The van der Waals surface area contributed by atoms with Crippen LogP contribution in [-0.4, -0.2) is 20.0 Å². The molecule has 1 rings (SSSR count). The maximum absolute atomic E-state index is 7.10. The topological polar surface area (TPSA) is 97.1 Å². The normalized spacial score (nSPS) is 8.50. The van der Waals surface area contributed by atoms with E-state index < -0.39 is 0 Å². The Labute approximate surface area is 83.5 Å². The molecule has 0 fully saturated rings. The van der Waals surface area contributed by atoms with E-state index in [1.807, 2.05) is 0 Å².